The van der Waals surface area contributed by atoms with E-state index in [1.165, 1.54) is 7.11 Å². The molecule has 0 radical (unpaired) electrons. The lowest BCUT2D eigenvalue weighted by Crippen LogP contribution is -2.30. The number of primary amides is 1. The molecule has 3 heterocycles. The number of anilines is 1. The molecule has 0 fully saturated rings. The first-order valence-electron chi connectivity index (χ1n) is 9.77. The summed E-state index contributed by atoms with van der Waals surface area (Å²) in [5, 5.41) is 21.8. The molecule has 0 aliphatic rings. The van der Waals surface area contributed by atoms with Gasteiger partial charge in [-0.15, -0.1) is 0 Å². The van der Waals surface area contributed by atoms with Crippen molar-refractivity contribution in [3.8, 4) is 17.5 Å². The minimum absolute atomic E-state index is 0.123. The fourth-order valence-corrected chi connectivity index (χ4v) is 3.50. The number of nitrogens with one attached hydrogen (secondary N) is 1. The van der Waals surface area contributed by atoms with Crippen LogP contribution < -0.4 is 21.3 Å². The van der Waals surface area contributed by atoms with Crippen molar-refractivity contribution in [3.63, 3.8) is 0 Å². The highest BCUT2D eigenvalue weighted by molar-refractivity contribution is 6.58. The van der Waals surface area contributed by atoms with Crippen LogP contribution in [0.2, 0.25) is 0 Å². The number of hydrogen-bond acceptors (Lipinski definition) is 8. The third kappa shape index (κ3) is 4.11. The molecule has 11 heteroatoms. The number of aromatic nitrogens is 4. The first-order valence-corrected chi connectivity index (χ1v) is 9.77. The van der Waals surface area contributed by atoms with Crippen LogP contribution in [0.15, 0.2) is 48.7 Å². The van der Waals surface area contributed by atoms with Gasteiger partial charge in [-0.1, -0.05) is 24.3 Å². The van der Waals surface area contributed by atoms with Crippen LogP contribution in [0.3, 0.4) is 0 Å². The standard InChI is InChI=1S/C21H21BN6O4/c1-12-9-16-15(18(23)29)7-4-8-28(16)17(12)19-25-20(27-21(26-19)32-2)24-11-13-5-3-6-14(10-13)22(30)31/h3-10,30-31H,11H2,1-2H3,(H2,23,29)(H,24,25,26,27). The van der Waals surface area contributed by atoms with Crippen molar-refractivity contribution < 1.29 is 19.6 Å². The summed E-state index contributed by atoms with van der Waals surface area (Å²) >= 11 is 0. The number of rotatable bonds is 7. The van der Waals surface area contributed by atoms with Gasteiger partial charge in [0.25, 0.3) is 5.91 Å². The fraction of sp³-hybridized carbons (Fsp3) is 0.143. The average molecular weight is 432 g/mol. The highest BCUT2D eigenvalue weighted by atomic mass is 16.5. The maximum Gasteiger partial charge on any atom is 0.488 e. The van der Waals surface area contributed by atoms with Gasteiger partial charge in [-0.2, -0.15) is 15.0 Å². The quantitative estimate of drug-likeness (QED) is 0.309. The lowest BCUT2D eigenvalue weighted by atomic mass is 9.80. The van der Waals surface area contributed by atoms with Gasteiger partial charge in [0.15, 0.2) is 5.82 Å². The third-order valence-corrected chi connectivity index (χ3v) is 4.98. The molecule has 32 heavy (non-hydrogen) atoms. The Morgan fingerprint density at radius 2 is 2.00 bits per heavy atom. The molecule has 0 unspecified atom stereocenters. The average Bonchev–Trinajstić information content (AvgIpc) is 3.13. The van der Waals surface area contributed by atoms with Gasteiger partial charge >= 0.3 is 13.1 Å². The second kappa shape index (κ2) is 8.65. The largest absolute Gasteiger partial charge is 0.488 e. The summed E-state index contributed by atoms with van der Waals surface area (Å²) < 4.78 is 7.06. The van der Waals surface area contributed by atoms with Crippen LogP contribution in [0.25, 0.3) is 17.0 Å². The number of ether oxygens (including phenoxy) is 1. The Bertz CT molecular complexity index is 1310. The molecule has 0 aliphatic carbocycles. The van der Waals surface area contributed by atoms with Gasteiger partial charge in [0.1, 0.15) is 0 Å². The minimum Gasteiger partial charge on any atom is -0.467 e. The van der Waals surface area contributed by atoms with E-state index in [0.29, 0.717) is 34.6 Å². The number of benzene rings is 1. The number of carbonyl (C=O) groups is 1. The molecule has 0 bridgehead atoms. The Morgan fingerprint density at radius 1 is 1.19 bits per heavy atom. The summed E-state index contributed by atoms with van der Waals surface area (Å²) in [4.78, 5) is 25.0. The summed E-state index contributed by atoms with van der Waals surface area (Å²) in [5.41, 5.74) is 9.29. The van der Waals surface area contributed by atoms with E-state index in [4.69, 9.17) is 10.5 Å². The number of methoxy groups -OCH3 is 1. The van der Waals surface area contributed by atoms with E-state index in [1.54, 1.807) is 40.9 Å². The second-order valence-corrected chi connectivity index (χ2v) is 7.16. The first kappa shape index (κ1) is 21.3. The summed E-state index contributed by atoms with van der Waals surface area (Å²) in [6.07, 6.45) is 1.80. The van der Waals surface area contributed by atoms with Crippen molar-refractivity contribution in [3.05, 3.63) is 65.4 Å². The zero-order chi connectivity index (χ0) is 22.8. The summed E-state index contributed by atoms with van der Waals surface area (Å²) in [5.74, 6) is 0.116. The minimum atomic E-state index is -1.55. The molecule has 4 rings (SSSR count). The lowest BCUT2D eigenvalue weighted by Gasteiger charge is -2.10. The molecule has 4 aromatic rings. The molecular formula is C21H21BN6O4. The molecule has 1 aromatic carbocycles. The van der Waals surface area contributed by atoms with Crippen LogP contribution in [-0.4, -0.2) is 49.5 Å². The van der Waals surface area contributed by atoms with Gasteiger partial charge in [0.05, 0.1) is 23.9 Å². The van der Waals surface area contributed by atoms with Gasteiger partial charge < -0.3 is 30.2 Å². The smallest absolute Gasteiger partial charge is 0.467 e. The molecule has 0 saturated heterocycles. The van der Waals surface area contributed by atoms with Gasteiger partial charge in [-0.05, 0) is 41.7 Å². The van der Waals surface area contributed by atoms with Gasteiger partial charge in [-0.3, -0.25) is 4.79 Å². The topological polar surface area (TPSA) is 148 Å². The second-order valence-electron chi connectivity index (χ2n) is 7.16. The van der Waals surface area contributed by atoms with Crippen molar-refractivity contribution in [2.45, 2.75) is 13.5 Å². The Labute approximate surface area is 183 Å². The van der Waals surface area contributed by atoms with Crippen LogP contribution >= 0.6 is 0 Å². The maximum atomic E-state index is 11.8. The summed E-state index contributed by atoms with van der Waals surface area (Å²) in [7, 11) is -0.0849. The SMILES string of the molecule is COc1nc(NCc2cccc(B(O)O)c2)nc(-c2c(C)cc3c(C(N)=O)cccn23)n1. The van der Waals surface area contributed by atoms with Gasteiger partial charge in [0.2, 0.25) is 5.95 Å². The van der Waals surface area contributed by atoms with Crippen molar-refractivity contribution in [2.75, 3.05) is 12.4 Å². The van der Waals surface area contributed by atoms with E-state index in [-0.39, 0.29) is 12.0 Å². The predicted octanol–water partition coefficient (Wildman–Crippen LogP) is 0.499. The molecule has 0 spiro atoms. The van der Waals surface area contributed by atoms with Crippen LogP contribution in [0.5, 0.6) is 6.01 Å². The Morgan fingerprint density at radius 3 is 2.72 bits per heavy atom. The number of aryl methyl sites for hydroxylation is 1. The van der Waals surface area contributed by atoms with Gasteiger partial charge in [-0.25, -0.2) is 0 Å². The van der Waals surface area contributed by atoms with E-state index < -0.39 is 13.0 Å². The molecule has 0 atom stereocenters. The normalized spacial score (nSPS) is 10.9. The lowest BCUT2D eigenvalue weighted by molar-refractivity contribution is 0.100. The van der Waals surface area contributed by atoms with E-state index in [1.807, 2.05) is 19.1 Å². The number of nitrogens with zero attached hydrogens (tertiary/aromatic N) is 4. The molecule has 10 nitrogen and oxygen atoms in total. The van der Waals surface area contributed by atoms with Crippen molar-refractivity contribution in [1.29, 1.82) is 0 Å². The molecule has 162 valence electrons. The first-order chi connectivity index (χ1) is 15.4. The van der Waals surface area contributed by atoms with E-state index >= 15 is 0 Å². The predicted molar refractivity (Wildman–Crippen MR) is 120 cm³/mol. The number of hydrogen-bond donors (Lipinski definition) is 4. The number of carbonyl (C=O) groups excluding carboxylic acids is 1. The third-order valence-electron chi connectivity index (χ3n) is 4.98. The monoisotopic (exact) mass is 432 g/mol. The van der Waals surface area contributed by atoms with Crippen LogP contribution in [0, 0.1) is 6.92 Å². The number of nitrogens with two attached hydrogens (primary N) is 1. The number of pyridine rings is 1. The van der Waals surface area contributed by atoms with Crippen LogP contribution in [0.1, 0.15) is 21.5 Å². The summed E-state index contributed by atoms with van der Waals surface area (Å²) in [6, 6.07) is 12.2. The molecule has 5 N–H and O–H groups in total. The van der Waals surface area contributed by atoms with Crippen molar-refractivity contribution >= 4 is 30.0 Å². The molecule has 0 aliphatic heterocycles. The zero-order valence-corrected chi connectivity index (χ0v) is 17.5. The number of amides is 1. The molecular weight excluding hydrogens is 411 g/mol. The van der Waals surface area contributed by atoms with Crippen molar-refractivity contribution in [1.82, 2.24) is 19.4 Å². The Balaban J connectivity index is 1.72. The summed E-state index contributed by atoms with van der Waals surface area (Å²) in [6.45, 7) is 2.23. The highest BCUT2D eigenvalue weighted by Crippen LogP contribution is 2.28. The molecule has 0 saturated carbocycles. The van der Waals surface area contributed by atoms with Gasteiger partial charge in [0, 0.05) is 12.7 Å². The number of fused-ring (bicyclic) bond motifs is 1. The maximum absolute atomic E-state index is 11.8. The Kier molecular flexibility index (Phi) is 5.76. The Hall–Kier alpha value is -3.96. The molecule has 1 amide bonds. The highest BCUT2D eigenvalue weighted by Gasteiger charge is 2.18. The van der Waals surface area contributed by atoms with E-state index in [9.17, 15) is 14.8 Å². The van der Waals surface area contributed by atoms with E-state index in [0.717, 1.165) is 11.1 Å². The fourth-order valence-electron chi connectivity index (χ4n) is 3.50. The van der Waals surface area contributed by atoms with E-state index in [2.05, 4.69) is 20.3 Å². The van der Waals surface area contributed by atoms with Crippen LogP contribution in [-0.2, 0) is 6.54 Å². The zero-order valence-electron chi connectivity index (χ0n) is 17.5. The molecule has 3 aromatic heterocycles. The van der Waals surface area contributed by atoms with Crippen molar-refractivity contribution in [2.24, 2.45) is 5.73 Å². The van der Waals surface area contributed by atoms with Crippen LogP contribution in [0.4, 0.5) is 5.95 Å².